The van der Waals surface area contributed by atoms with Crippen LogP contribution in [0.2, 0.25) is 5.04 Å². The fourth-order valence-electron chi connectivity index (χ4n) is 3.94. The highest BCUT2D eigenvalue weighted by Gasteiger charge is 2.50. The Morgan fingerprint density at radius 3 is 1.81 bits per heavy atom. The predicted molar refractivity (Wildman–Crippen MR) is 133 cm³/mol. The second-order valence-electron chi connectivity index (χ2n) is 8.56. The number of benzene rings is 2. The largest absolute Gasteiger partial charge is 0.401 e. The molecule has 0 bridgehead atoms. The summed E-state index contributed by atoms with van der Waals surface area (Å²) < 4.78 is 44.6. The van der Waals surface area contributed by atoms with E-state index >= 15 is 0 Å². The Balaban J connectivity index is 2.28. The second-order valence-corrected chi connectivity index (χ2v) is 15.1. The summed E-state index contributed by atoms with van der Waals surface area (Å²) in [5.41, 5.74) is 0. The van der Waals surface area contributed by atoms with Crippen LogP contribution >= 0.6 is 7.60 Å². The minimum absolute atomic E-state index is 0.138. The highest BCUT2D eigenvalue weighted by molar-refractivity contribution is 7.53. The van der Waals surface area contributed by atoms with Gasteiger partial charge in [0.25, 0.3) is 8.32 Å². The Bertz CT molecular complexity index is 848. The van der Waals surface area contributed by atoms with Gasteiger partial charge >= 0.3 is 7.60 Å². The molecule has 32 heavy (non-hydrogen) atoms. The normalized spacial score (nSPS) is 13.4. The molecule has 0 fully saturated rings. The van der Waals surface area contributed by atoms with Crippen molar-refractivity contribution in [1.29, 1.82) is 0 Å². The zero-order valence-corrected chi connectivity index (χ0v) is 21.7. The summed E-state index contributed by atoms with van der Waals surface area (Å²) in [6.07, 6.45) is 1.83. The molecule has 0 saturated heterocycles. The minimum atomic E-state index is -3.19. The van der Waals surface area contributed by atoms with E-state index in [1.165, 1.54) is 6.08 Å². The molecule has 4 nitrogen and oxygen atoms in total. The zero-order chi connectivity index (χ0) is 23.7. The molecule has 0 aliphatic carbocycles. The van der Waals surface area contributed by atoms with Gasteiger partial charge in [0.2, 0.25) is 0 Å². The van der Waals surface area contributed by atoms with Crippen LogP contribution in [-0.2, 0) is 18.0 Å². The maximum absolute atomic E-state index is 14.9. The van der Waals surface area contributed by atoms with Gasteiger partial charge in [0.15, 0.2) is 0 Å². The van der Waals surface area contributed by atoms with Crippen LogP contribution in [-0.4, -0.2) is 34.3 Å². The van der Waals surface area contributed by atoms with Crippen molar-refractivity contribution in [1.82, 2.24) is 0 Å². The van der Waals surface area contributed by atoms with E-state index in [0.29, 0.717) is 13.2 Å². The van der Waals surface area contributed by atoms with E-state index in [2.05, 4.69) is 45.0 Å². The molecular weight excluding hydrogens is 442 g/mol. The van der Waals surface area contributed by atoms with Crippen LogP contribution in [0.3, 0.4) is 0 Å². The van der Waals surface area contributed by atoms with E-state index in [4.69, 9.17) is 13.5 Å². The summed E-state index contributed by atoms with van der Waals surface area (Å²) in [6, 6.07) is 20.3. The van der Waals surface area contributed by atoms with Crippen molar-refractivity contribution < 1.29 is 22.4 Å². The monoisotopic (exact) mass is 478 g/mol. The van der Waals surface area contributed by atoms with Crippen molar-refractivity contribution in [3.05, 3.63) is 72.6 Å². The molecule has 0 amide bonds. The number of rotatable bonds is 12. The average molecular weight is 479 g/mol. The van der Waals surface area contributed by atoms with Gasteiger partial charge in [-0.1, -0.05) is 81.4 Å². The van der Waals surface area contributed by atoms with Gasteiger partial charge < -0.3 is 13.5 Å². The van der Waals surface area contributed by atoms with Gasteiger partial charge in [-0.2, -0.15) is 0 Å². The molecule has 0 unspecified atom stereocenters. The highest BCUT2D eigenvalue weighted by atomic mass is 31.2. The number of hydrogen-bond donors (Lipinski definition) is 0. The van der Waals surface area contributed by atoms with E-state index in [1.54, 1.807) is 13.8 Å². The molecule has 2 aromatic rings. The maximum atomic E-state index is 14.9. The molecule has 7 heteroatoms. The smallest absolute Gasteiger partial charge is 0.330 e. The van der Waals surface area contributed by atoms with E-state index in [9.17, 15) is 8.96 Å². The Hall–Kier alpha value is -1.56. The molecule has 0 heterocycles. The first-order valence-corrected chi connectivity index (χ1v) is 14.8. The minimum Gasteiger partial charge on any atom is -0.401 e. The van der Waals surface area contributed by atoms with Crippen molar-refractivity contribution in [2.45, 2.75) is 46.1 Å². The van der Waals surface area contributed by atoms with Gasteiger partial charge in [-0.25, -0.2) is 4.39 Å². The number of allylic oxidation sites excluding steroid dienone is 1. The Labute approximate surface area is 193 Å². The summed E-state index contributed by atoms with van der Waals surface area (Å²) in [5, 5.41) is 1.97. The molecule has 0 radical (unpaired) electrons. The SMILES string of the molecule is CCOP(=O)(CC/C=C(/F)CO[Si](c1ccccc1)(c1ccccc1)C(C)(C)C)OCC. The van der Waals surface area contributed by atoms with Gasteiger partial charge in [0, 0.05) is 0 Å². The van der Waals surface area contributed by atoms with Crippen molar-refractivity contribution in [3.63, 3.8) is 0 Å². The Morgan fingerprint density at radius 1 is 0.938 bits per heavy atom. The summed E-state index contributed by atoms with van der Waals surface area (Å²) in [6.45, 7) is 10.4. The topological polar surface area (TPSA) is 44.8 Å². The van der Waals surface area contributed by atoms with Crippen molar-refractivity contribution in [2.24, 2.45) is 0 Å². The standard InChI is InChI=1S/C25H36FO4PSi/c1-6-28-31(27,29-7-2)20-14-15-22(26)21-30-32(25(3,4)5,23-16-10-8-11-17-23)24-18-12-9-13-19-24/h8-13,15-19H,6-7,14,20-21H2,1-5H3/b22-15+. The summed E-state index contributed by atoms with van der Waals surface area (Å²) in [5.74, 6) is -0.377. The van der Waals surface area contributed by atoms with Crippen LogP contribution in [0.4, 0.5) is 4.39 Å². The molecule has 0 N–H and O–H groups in total. The maximum Gasteiger partial charge on any atom is 0.330 e. The van der Waals surface area contributed by atoms with Gasteiger partial charge in [0.05, 0.1) is 26.0 Å². The fraction of sp³-hybridized carbons (Fsp3) is 0.440. The van der Waals surface area contributed by atoms with Crippen LogP contribution in [0.5, 0.6) is 0 Å². The lowest BCUT2D eigenvalue weighted by molar-refractivity contribution is 0.220. The number of halogens is 1. The molecule has 176 valence electrons. The second kappa shape index (κ2) is 12.1. The Kier molecular flexibility index (Phi) is 10.1. The van der Waals surface area contributed by atoms with Crippen molar-refractivity contribution in [3.8, 4) is 0 Å². The molecule has 0 saturated carbocycles. The van der Waals surface area contributed by atoms with E-state index in [0.717, 1.165) is 10.4 Å². The zero-order valence-electron chi connectivity index (χ0n) is 19.8. The van der Waals surface area contributed by atoms with Crippen molar-refractivity contribution >= 4 is 26.3 Å². The van der Waals surface area contributed by atoms with E-state index < -0.39 is 15.9 Å². The van der Waals surface area contributed by atoms with Gasteiger partial charge in [-0.3, -0.25) is 4.57 Å². The van der Waals surface area contributed by atoms with Gasteiger partial charge in [0.1, 0.15) is 5.83 Å². The van der Waals surface area contributed by atoms with Gasteiger partial charge in [-0.05, 0) is 41.8 Å². The first kappa shape index (κ1) is 26.7. The van der Waals surface area contributed by atoms with E-state index in [1.807, 2.05) is 36.4 Å². The summed E-state index contributed by atoms with van der Waals surface area (Å²) in [4.78, 5) is 0. The first-order valence-electron chi connectivity index (χ1n) is 11.2. The van der Waals surface area contributed by atoms with Crippen LogP contribution in [0.15, 0.2) is 72.6 Å². The molecule has 0 spiro atoms. The third kappa shape index (κ3) is 6.72. The summed E-state index contributed by atoms with van der Waals surface area (Å²) in [7, 11) is -5.99. The molecule has 0 aliphatic rings. The fourth-order valence-corrected chi connectivity index (χ4v) is 10.0. The number of hydrogen-bond acceptors (Lipinski definition) is 4. The van der Waals surface area contributed by atoms with Gasteiger partial charge in [-0.15, -0.1) is 0 Å². The molecule has 2 rings (SSSR count). The van der Waals surface area contributed by atoms with Crippen LogP contribution in [0.25, 0.3) is 0 Å². The lowest BCUT2D eigenvalue weighted by atomic mass is 10.2. The van der Waals surface area contributed by atoms with E-state index in [-0.39, 0.29) is 30.1 Å². The quantitative estimate of drug-likeness (QED) is 0.274. The third-order valence-electron chi connectivity index (χ3n) is 5.26. The average Bonchev–Trinajstić information content (AvgIpc) is 2.75. The van der Waals surface area contributed by atoms with Crippen LogP contribution < -0.4 is 10.4 Å². The Morgan fingerprint density at radius 2 is 1.41 bits per heavy atom. The molecule has 0 aromatic heterocycles. The summed E-state index contributed by atoms with van der Waals surface area (Å²) >= 11 is 0. The lowest BCUT2D eigenvalue weighted by Crippen LogP contribution is -2.66. The lowest BCUT2D eigenvalue weighted by Gasteiger charge is -2.42. The first-order chi connectivity index (χ1) is 15.2. The van der Waals surface area contributed by atoms with Crippen LogP contribution in [0.1, 0.15) is 41.0 Å². The molecule has 0 aliphatic heterocycles. The highest BCUT2D eigenvalue weighted by Crippen LogP contribution is 2.48. The third-order valence-corrected chi connectivity index (χ3v) is 12.4. The molecule has 2 aromatic carbocycles. The molecule has 0 atom stereocenters. The van der Waals surface area contributed by atoms with Crippen molar-refractivity contribution in [2.75, 3.05) is 26.0 Å². The predicted octanol–water partition coefficient (Wildman–Crippen LogP) is 6.07. The van der Waals surface area contributed by atoms with Crippen LogP contribution in [0, 0.1) is 0 Å². The molecular formula is C25H36FO4PSi.